The molecule has 0 radical (unpaired) electrons. The summed E-state index contributed by atoms with van der Waals surface area (Å²) >= 11 is 0. The van der Waals surface area contributed by atoms with E-state index in [0.717, 1.165) is 24.0 Å². The third-order valence-electron chi connectivity index (χ3n) is 5.21. The molecule has 1 atom stereocenters. The Morgan fingerprint density at radius 1 is 1.00 bits per heavy atom. The van der Waals surface area contributed by atoms with E-state index in [4.69, 9.17) is 9.47 Å². The van der Waals surface area contributed by atoms with Crippen LogP contribution in [0.4, 0.5) is 0 Å². The fraction of sp³-hybridized carbons (Fsp3) is 0.667. The first-order valence-corrected chi connectivity index (χ1v) is 8.71. The molecule has 3 heterocycles. The smallest absolute Gasteiger partial charge is 0.231 e. The minimum Gasteiger partial charge on any atom is -0.454 e. The zero-order valence-electron chi connectivity index (χ0n) is 13.3. The summed E-state index contributed by atoms with van der Waals surface area (Å²) in [4.78, 5) is 5.25. The molecule has 4 heteroatoms. The lowest BCUT2D eigenvalue weighted by molar-refractivity contribution is 0.171. The minimum atomic E-state index is 0.365. The number of likely N-dealkylation sites (tertiary alicyclic amines) is 2. The molecule has 2 fully saturated rings. The second-order valence-electron chi connectivity index (χ2n) is 6.90. The standard InChI is InChI=1S/C18H26N2O2/c1-2-8-19(9-3-1)11-15-7-10-20(12-15)13-16-5-4-6-17-18(16)22-14-21-17/h4-6,15H,1-3,7-14H2. The normalized spacial score (nSPS) is 25.7. The second-order valence-corrected chi connectivity index (χ2v) is 6.90. The molecular weight excluding hydrogens is 276 g/mol. The third-order valence-corrected chi connectivity index (χ3v) is 5.21. The molecule has 1 unspecified atom stereocenters. The second kappa shape index (κ2) is 6.47. The van der Waals surface area contributed by atoms with Crippen molar-refractivity contribution in [2.24, 2.45) is 5.92 Å². The first kappa shape index (κ1) is 14.3. The summed E-state index contributed by atoms with van der Waals surface area (Å²) in [6.45, 7) is 7.71. The molecule has 1 aromatic rings. The maximum Gasteiger partial charge on any atom is 0.231 e. The van der Waals surface area contributed by atoms with E-state index in [-0.39, 0.29) is 0 Å². The zero-order chi connectivity index (χ0) is 14.8. The predicted molar refractivity (Wildman–Crippen MR) is 86.2 cm³/mol. The summed E-state index contributed by atoms with van der Waals surface area (Å²) in [7, 11) is 0. The molecule has 120 valence electrons. The Hall–Kier alpha value is -1.26. The van der Waals surface area contributed by atoms with Gasteiger partial charge in [-0.05, 0) is 50.9 Å². The van der Waals surface area contributed by atoms with Crippen molar-refractivity contribution in [3.63, 3.8) is 0 Å². The van der Waals surface area contributed by atoms with E-state index in [2.05, 4.69) is 21.9 Å². The number of hydrogen-bond donors (Lipinski definition) is 0. The summed E-state index contributed by atoms with van der Waals surface area (Å²) < 4.78 is 11.1. The van der Waals surface area contributed by atoms with Gasteiger partial charge < -0.3 is 14.4 Å². The number of benzene rings is 1. The molecule has 0 N–H and O–H groups in total. The van der Waals surface area contributed by atoms with E-state index in [1.165, 1.54) is 64.0 Å². The van der Waals surface area contributed by atoms with Crippen LogP contribution < -0.4 is 9.47 Å². The van der Waals surface area contributed by atoms with Crippen LogP contribution in [0, 0.1) is 5.92 Å². The largest absolute Gasteiger partial charge is 0.454 e. The highest BCUT2D eigenvalue weighted by atomic mass is 16.7. The molecule has 0 aromatic heterocycles. The van der Waals surface area contributed by atoms with Crippen LogP contribution in [0.2, 0.25) is 0 Å². The van der Waals surface area contributed by atoms with Gasteiger partial charge in [-0.3, -0.25) is 4.90 Å². The molecule has 4 rings (SSSR count). The van der Waals surface area contributed by atoms with Gasteiger partial charge in [-0.1, -0.05) is 18.6 Å². The number of ether oxygens (including phenoxy) is 2. The van der Waals surface area contributed by atoms with Gasteiger partial charge in [0, 0.05) is 25.2 Å². The van der Waals surface area contributed by atoms with E-state index >= 15 is 0 Å². The number of piperidine rings is 1. The van der Waals surface area contributed by atoms with Crippen molar-refractivity contribution in [2.45, 2.75) is 32.2 Å². The molecule has 3 aliphatic rings. The molecule has 0 spiro atoms. The Labute approximate surface area is 133 Å². The van der Waals surface area contributed by atoms with Crippen LogP contribution in [-0.4, -0.2) is 49.3 Å². The maximum atomic E-state index is 5.63. The van der Waals surface area contributed by atoms with E-state index in [0.29, 0.717) is 6.79 Å². The van der Waals surface area contributed by atoms with Crippen LogP contribution in [0.15, 0.2) is 18.2 Å². The lowest BCUT2D eigenvalue weighted by Gasteiger charge is -2.29. The predicted octanol–water partition coefficient (Wildman–Crippen LogP) is 2.72. The molecule has 4 nitrogen and oxygen atoms in total. The topological polar surface area (TPSA) is 24.9 Å². The lowest BCUT2D eigenvalue weighted by Crippen LogP contribution is -2.35. The molecule has 0 amide bonds. The highest BCUT2D eigenvalue weighted by Gasteiger charge is 2.26. The molecule has 3 aliphatic heterocycles. The van der Waals surface area contributed by atoms with Gasteiger partial charge >= 0.3 is 0 Å². The van der Waals surface area contributed by atoms with E-state index < -0.39 is 0 Å². The molecule has 0 saturated carbocycles. The monoisotopic (exact) mass is 302 g/mol. The van der Waals surface area contributed by atoms with Crippen molar-refractivity contribution >= 4 is 0 Å². The van der Waals surface area contributed by atoms with Gasteiger partial charge in [-0.2, -0.15) is 0 Å². The van der Waals surface area contributed by atoms with Gasteiger partial charge in [0.25, 0.3) is 0 Å². The van der Waals surface area contributed by atoms with Crippen LogP contribution in [-0.2, 0) is 6.54 Å². The van der Waals surface area contributed by atoms with Crippen molar-refractivity contribution in [1.29, 1.82) is 0 Å². The minimum absolute atomic E-state index is 0.365. The van der Waals surface area contributed by atoms with Crippen molar-refractivity contribution < 1.29 is 9.47 Å². The maximum absolute atomic E-state index is 5.63. The molecule has 0 bridgehead atoms. The highest BCUT2D eigenvalue weighted by molar-refractivity contribution is 5.48. The SMILES string of the molecule is c1cc(CN2CCC(CN3CCCCC3)C2)c2c(c1)OCO2. The fourth-order valence-corrected chi connectivity index (χ4v) is 4.07. The first-order chi connectivity index (χ1) is 10.9. The molecule has 0 aliphatic carbocycles. The van der Waals surface area contributed by atoms with Gasteiger partial charge in [0.05, 0.1) is 0 Å². The van der Waals surface area contributed by atoms with Crippen LogP contribution >= 0.6 is 0 Å². The van der Waals surface area contributed by atoms with Crippen molar-refractivity contribution in [3.05, 3.63) is 23.8 Å². The Morgan fingerprint density at radius 2 is 1.91 bits per heavy atom. The Balaban J connectivity index is 1.32. The molecule has 22 heavy (non-hydrogen) atoms. The Bertz CT molecular complexity index is 514. The summed E-state index contributed by atoms with van der Waals surface area (Å²) in [5.74, 6) is 2.70. The van der Waals surface area contributed by atoms with Gasteiger partial charge in [-0.25, -0.2) is 0 Å². The Kier molecular flexibility index (Phi) is 4.22. The third kappa shape index (κ3) is 3.08. The molecule has 2 saturated heterocycles. The number of para-hydroxylation sites is 1. The quantitative estimate of drug-likeness (QED) is 0.854. The van der Waals surface area contributed by atoms with E-state index in [1.54, 1.807) is 0 Å². The van der Waals surface area contributed by atoms with E-state index in [9.17, 15) is 0 Å². The van der Waals surface area contributed by atoms with Crippen LogP contribution in [0.1, 0.15) is 31.2 Å². The first-order valence-electron chi connectivity index (χ1n) is 8.71. The van der Waals surface area contributed by atoms with Crippen LogP contribution in [0.25, 0.3) is 0 Å². The van der Waals surface area contributed by atoms with Crippen LogP contribution in [0.3, 0.4) is 0 Å². The average Bonchev–Trinajstić information content (AvgIpc) is 3.18. The lowest BCUT2D eigenvalue weighted by atomic mass is 10.1. The fourth-order valence-electron chi connectivity index (χ4n) is 4.07. The number of fused-ring (bicyclic) bond motifs is 1. The highest BCUT2D eigenvalue weighted by Crippen LogP contribution is 2.36. The van der Waals surface area contributed by atoms with Gasteiger partial charge in [0.1, 0.15) is 0 Å². The van der Waals surface area contributed by atoms with Crippen molar-refractivity contribution in [1.82, 2.24) is 9.80 Å². The van der Waals surface area contributed by atoms with Gasteiger partial charge in [0.2, 0.25) is 6.79 Å². The van der Waals surface area contributed by atoms with Gasteiger partial charge in [-0.15, -0.1) is 0 Å². The molecular formula is C18H26N2O2. The molecule has 1 aromatic carbocycles. The van der Waals surface area contributed by atoms with E-state index in [1.807, 2.05) is 6.07 Å². The Morgan fingerprint density at radius 3 is 2.82 bits per heavy atom. The summed E-state index contributed by atoms with van der Waals surface area (Å²) in [5, 5.41) is 0. The average molecular weight is 302 g/mol. The zero-order valence-corrected chi connectivity index (χ0v) is 13.3. The summed E-state index contributed by atoms with van der Waals surface area (Å²) in [5.41, 5.74) is 1.27. The number of nitrogens with zero attached hydrogens (tertiary/aromatic N) is 2. The number of hydrogen-bond acceptors (Lipinski definition) is 4. The summed E-state index contributed by atoms with van der Waals surface area (Å²) in [6, 6.07) is 6.24. The van der Waals surface area contributed by atoms with Gasteiger partial charge in [0.15, 0.2) is 11.5 Å². The van der Waals surface area contributed by atoms with Crippen molar-refractivity contribution in [2.75, 3.05) is 39.5 Å². The number of rotatable bonds is 4. The van der Waals surface area contributed by atoms with Crippen molar-refractivity contribution in [3.8, 4) is 11.5 Å². The summed E-state index contributed by atoms with van der Waals surface area (Å²) in [6.07, 6.45) is 5.55. The van der Waals surface area contributed by atoms with Crippen LogP contribution in [0.5, 0.6) is 11.5 Å².